The minimum absolute atomic E-state index is 0.252. The van der Waals surface area contributed by atoms with E-state index in [1.165, 1.54) is 6.92 Å². The van der Waals surface area contributed by atoms with E-state index in [1.807, 2.05) is 6.92 Å². The third kappa shape index (κ3) is 2.72. The molecule has 62 valence electrons. The van der Waals surface area contributed by atoms with Gasteiger partial charge in [-0.05, 0) is 6.04 Å². The fraction of sp³-hybridized carbons (Fsp3) is 0.375. The maximum atomic E-state index is 10.7. The van der Waals surface area contributed by atoms with E-state index >= 15 is 0 Å². The van der Waals surface area contributed by atoms with Gasteiger partial charge >= 0.3 is 8.32 Å². The molecule has 0 atom stereocenters. The third-order valence-corrected chi connectivity index (χ3v) is 4.73. The Morgan fingerprint density at radius 3 is 2.09 bits per heavy atom. The molecule has 0 heterocycles. The van der Waals surface area contributed by atoms with Gasteiger partial charge in [-0.2, -0.15) is 0 Å². The molecule has 0 aromatic rings. The largest absolute Gasteiger partial charge is 0.512 e. The fourth-order valence-electron chi connectivity index (χ4n) is 0.795. The first-order valence-corrected chi connectivity index (χ1v) is 5.84. The van der Waals surface area contributed by atoms with Crippen molar-refractivity contribution in [2.75, 3.05) is 0 Å². The number of hydrogen-bond acceptors (Lipinski definition) is 2. The van der Waals surface area contributed by atoms with Gasteiger partial charge in [0.1, 0.15) is 0 Å². The summed E-state index contributed by atoms with van der Waals surface area (Å²) in [6.07, 6.45) is 0. The first kappa shape index (κ1) is 10.2. The SMILES string of the molecule is C=C[Si](C=C)(CC)OC(C)=O. The zero-order chi connectivity index (χ0) is 8.91. The second-order valence-corrected chi connectivity index (χ2v) is 5.95. The maximum Gasteiger partial charge on any atom is 0.302 e. The molecule has 0 aromatic carbocycles. The molecule has 0 amide bonds. The van der Waals surface area contributed by atoms with Crippen LogP contribution in [-0.2, 0) is 9.22 Å². The van der Waals surface area contributed by atoms with Gasteiger partial charge in [-0.15, -0.1) is 13.2 Å². The van der Waals surface area contributed by atoms with E-state index in [-0.39, 0.29) is 5.97 Å². The summed E-state index contributed by atoms with van der Waals surface area (Å²) >= 11 is 0. The summed E-state index contributed by atoms with van der Waals surface area (Å²) in [6, 6.07) is 0.805. The van der Waals surface area contributed by atoms with E-state index in [9.17, 15) is 4.79 Å². The molecule has 0 spiro atoms. The van der Waals surface area contributed by atoms with Gasteiger partial charge in [-0.1, -0.05) is 18.3 Å². The number of rotatable bonds is 4. The summed E-state index contributed by atoms with van der Waals surface area (Å²) in [5.74, 6) is -0.252. The zero-order valence-electron chi connectivity index (χ0n) is 7.09. The van der Waals surface area contributed by atoms with Gasteiger partial charge in [0.15, 0.2) is 0 Å². The van der Waals surface area contributed by atoms with Crippen LogP contribution in [0.15, 0.2) is 24.6 Å². The fourth-order valence-corrected chi connectivity index (χ4v) is 2.39. The topological polar surface area (TPSA) is 26.3 Å². The van der Waals surface area contributed by atoms with Crippen molar-refractivity contribution >= 4 is 14.3 Å². The van der Waals surface area contributed by atoms with Crippen LogP contribution >= 0.6 is 0 Å². The molecule has 0 saturated heterocycles. The predicted octanol–water partition coefficient (Wildman–Crippen LogP) is 1.97. The summed E-state index contributed by atoms with van der Waals surface area (Å²) in [7, 11) is -2.10. The third-order valence-electron chi connectivity index (χ3n) is 1.58. The first-order chi connectivity index (χ1) is 5.10. The average Bonchev–Trinajstić information content (AvgIpc) is 2.00. The Hall–Kier alpha value is -0.833. The molecule has 0 aliphatic rings. The van der Waals surface area contributed by atoms with E-state index in [2.05, 4.69) is 13.2 Å². The predicted molar refractivity (Wildman–Crippen MR) is 48.4 cm³/mol. The second kappa shape index (κ2) is 4.13. The lowest BCUT2D eigenvalue weighted by Crippen LogP contribution is -2.34. The molecule has 0 aliphatic heterocycles. The van der Waals surface area contributed by atoms with Gasteiger partial charge < -0.3 is 4.43 Å². The van der Waals surface area contributed by atoms with Gasteiger partial charge in [0.2, 0.25) is 0 Å². The van der Waals surface area contributed by atoms with Crippen molar-refractivity contribution < 1.29 is 9.22 Å². The molecule has 2 nitrogen and oxygen atoms in total. The Morgan fingerprint density at radius 1 is 1.55 bits per heavy atom. The van der Waals surface area contributed by atoms with E-state index < -0.39 is 8.32 Å². The lowest BCUT2D eigenvalue weighted by atomic mass is 10.9. The minimum atomic E-state index is -2.10. The number of carbonyl (C=O) groups is 1. The quantitative estimate of drug-likeness (QED) is 0.603. The van der Waals surface area contributed by atoms with E-state index in [4.69, 9.17) is 4.43 Å². The molecule has 3 heteroatoms. The highest BCUT2D eigenvalue weighted by Gasteiger charge is 2.28. The maximum absolute atomic E-state index is 10.7. The second-order valence-electron chi connectivity index (χ2n) is 2.31. The van der Waals surface area contributed by atoms with Crippen molar-refractivity contribution in [2.45, 2.75) is 19.9 Å². The van der Waals surface area contributed by atoms with E-state index in [1.54, 1.807) is 11.4 Å². The minimum Gasteiger partial charge on any atom is -0.512 e. The van der Waals surface area contributed by atoms with Gasteiger partial charge in [-0.3, -0.25) is 4.79 Å². The van der Waals surface area contributed by atoms with Crippen LogP contribution in [0.1, 0.15) is 13.8 Å². The molecule has 0 aromatic heterocycles. The molecular weight excluding hydrogens is 156 g/mol. The van der Waals surface area contributed by atoms with Gasteiger partial charge in [0.05, 0.1) is 0 Å². The molecule has 0 saturated carbocycles. The van der Waals surface area contributed by atoms with Gasteiger partial charge in [0.25, 0.3) is 5.97 Å². The normalized spacial score (nSPS) is 10.4. The molecule has 0 fully saturated rings. The number of hydrogen-bond donors (Lipinski definition) is 0. The standard InChI is InChI=1S/C8H14O2Si/c1-5-11(6-2,7-3)10-8(4)9/h5-6H,1-2,7H2,3-4H3. The summed E-state index contributed by atoms with van der Waals surface area (Å²) in [5, 5.41) is 0. The van der Waals surface area contributed by atoms with E-state index in [0.29, 0.717) is 0 Å². The monoisotopic (exact) mass is 170 g/mol. The Balaban J connectivity index is 4.40. The summed E-state index contributed by atoms with van der Waals surface area (Å²) in [4.78, 5) is 10.7. The van der Waals surface area contributed by atoms with Gasteiger partial charge in [-0.25, -0.2) is 0 Å². The van der Waals surface area contributed by atoms with Crippen LogP contribution in [-0.4, -0.2) is 14.3 Å². The Labute approximate surface area is 68.7 Å². The smallest absolute Gasteiger partial charge is 0.302 e. The molecule has 0 aliphatic carbocycles. The van der Waals surface area contributed by atoms with Crippen molar-refractivity contribution in [2.24, 2.45) is 0 Å². The first-order valence-electron chi connectivity index (χ1n) is 3.57. The summed E-state index contributed by atoms with van der Waals surface area (Å²) in [5.41, 5.74) is 3.45. The highest BCUT2D eigenvalue weighted by molar-refractivity contribution is 6.84. The highest BCUT2D eigenvalue weighted by Crippen LogP contribution is 2.13. The lowest BCUT2D eigenvalue weighted by Gasteiger charge is -2.20. The van der Waals surface area contributed by atoms with Crippen LogP contribution in [0.5, 0.6) is 0 Å². The summed E-state index contributed by atoms with van der Waals surface area (Å²) < 4.78 is 5.15. The zero-order valence-corrected chi connectivity index (χ0v) is 8.09. The molecular formula is C8H14O2Si. The Bertz CT molecular complexity index is 167. The highest BCUT2D eigenvalue weighted by atomic mass is 28.4. The molecule has 0 rings (SSSR count). The lowest BCUT2D eigenvalue weighted by molar-refractivity contribution is -0.132. The van der Waals surface area contributed by atoms with Crippen molar-refractivity contribution in [3.63, 3.8) is 0 Å². The summed E-state index contributed by atoms with van der Waals surface area (Å²) in [6.45, 7) is 10.7. The van der Waals surface area contributed by atoms with Crippen LogP contribution in [0.25, 0.3) is 0 Å². The van der Waals surface area contributed by atoms with Crippen molar-refractivity contribution in [3.8, 4) is 0 Å². The van der Waals surface area contributed by atoms with Crippen molar-refractivity contribution in [1.82, 2.24) is 0 Å². The van der Waals surface area contributed by atoms with Crippen LogP contribution < -0.4 is 0 Å². The van der Waals surface area contributed by atoms with Crippen molar-refractivity contribution in [3.05, 3.63) is 24.6 Å². The average molecular weight is 170 g/mol. The molecule has 0 radical (unpaired) electrons. The van der Waals surface area contributed by atoms with Crippen molar-refractivity contribution in [1.29, 1.82) is 0 Å². The van der Waals surface area contributed by atoms with Gasteiger partial charge in [0, 0.05) is 6.92 Å². The van der Waals surface area contributed by atoms with Crippen LogP contribution in [0, 0.1) is 0 Å². The Kier molecular flexibility index (Phi) is 3.82. The Morgan fingerprint density at radius 2 is 2.00 bits per heavy atom. The van der Waals surface area contributed by atoms with Crippen LogP contribution in [0.2, 0.25) is 6.04 Å². The molecule has 0 bridgehead atoms. The van der Waals surface area contributed by atoms with Crippen LogP contribution in [0.4, 0.5) is 0 Å². The number of carbonyl (C=O) groups excluding carboxylic acids is 1. The van der Waals surface area contributed by atoms with E-state index in [0.717, 1.165) is 6.04 Å². The molecule has 0 unspecified atom stereocenters. The molecule has 11 heavy (non-hydrogen) atoms. The van der Waals surface area contributed by atoms with Crippen LogP contribution in [0.3, 0.4) is 0 Å². The molecule has 0 N–H and O–H groups in total.